The second kappa shape index (κ2) is 7.31. The van der Waals surface area contributed by atoms with Gasteiger partial charge in [-0.2, -0.15) is 0 Å². The van der Waals surface area contributed by atoms with Crippen molar-refractivity contribution in [3.8, 4) is 0 Å². The molecule has 0 saturated carbocycles. The molecular weight excluding hydrogens is 338 g/mol. The molecule has 1 saturated heterocycles. The van der Waals surface area contributed by atoms with Gasteiger partial charge in [0.2, 0.25) is 0 Å². The van der Waals surface area contributed by atoms with Gasteiger partial charge in [-0.15, -0.1) is 11.3 Å². The van der Waals surface area contributed by atoms with E-state index in [1.807, 2.05) is 0 Å². The average Bonchev–Trinajstić information content (AvgIpc) is 3.12. The van der Waals surface area contributed by atoms with Gasteiger partial charge in [0.15, 0.2) is 0 Å². The molecule has 1 atom stereocenters. The third-order valence-electron chi connectivity index (χ3n) is 4.42. The highest BCUT2D eigenvalue weighted by Gasteiger charge is 2.28. The SMILES string of the molecule is CC(C)c1csc(C2CCCN(C(=O)c3cc(C(=O)O)ccn3)C2)n1. The number of thiazole rings is 1. The van der Waals surface area contributed by atoms with Gasteiger partial charge in [-0.05, 0) is 30.9 Å². The molecule has 0 spiro atoms. The maximum Gasteiger partial charge on any atom is 0.335 e. The number of nitrogens with zero attached hydrogens (tertiary/aromatic N) is 3. The van der Waals surface area contributed by atoms with Crippen LogP contribution in [0.3, 0.4) is 0 Å². The molecule has 1 aliphatic heterocycles. The lowest BCUT2D eigenvalue weighted by molar-refractivity contribution is 0.0696. The van der Waals surface area contributed by atoms with Gasteiger partial charge in [0.05, 0.1) is 16.3 Å². The summed E-state index contributed by atoms with van der Waals surface area (Å²) < 4.78 is 0. The molecule has 132 valence electrons. The first kappa shape index (κ1) is 17.5. The smallest absolute Gasteiger partial charge is 0.335 e. The van der Waals surface area contributed by atoms with Crippen LogP contribution in [0, 0.1) is 0 Å². The topological polar surface area (TPSA) is 83.4 Å². The van der Waals surface area contributed by atoms with Gasteiger partial charge in [0.1, 0.15) is 5.69 Å². The van der Waals surface area contributed by atoms with Crippen molar-refractivity contribution in [3.05, 3.63) is 45.7 Å². The van der Waals surface area contributed by atoms with Gasteiger partial charge >= 0.3 is 5.97 Å². The molecule has 1 unspecified atom stereocenters. The highest BCUT2D eigenvalue weighted by atomic mass is 32.1. The zero-order chi connectivity index (χ0) is 18.0. The summed E-state index contributed by atoms with van der Waals surface area (Å²) >= 11 is 1.66. The third-order valence-corrected chi connectivity index (χ3v) is 5.44. The van der Waals surface area contributed by atoms with Crippen molar-refractivity contribution in [3.63, 3.8) is 0 Å². The fourth-order valence-electron chi connectivity index (χ4n) is 2.96. The van der Waals surface area contributed by atoms with E-state index >= 15 is 0 Å². The predicted molar refractivity (Wildman–Crippen MR) is 95.3 cm³/mol. The Hall–Kier alpha value is -2.28. The van der Waals surface area contributed by atoms with Crippen molar-refractivity contribution < 1.29 is 14.7 Å². The first-order valence-electron chi connectivity index (χ1n) is 8.39. The number of piperidine rings is 1. The normalized spacial score (nSPS) is 17.7. The number of likely N-dealkylation sites (tertiary alicyclic amines) is 1. The van der Waals surface area contributed by atoms with E-state index in [-0.39, 0.29) is 23.1 Å². The lowest BCUT2D eigenvalue weighted by Crippen LogP contribution is -2.39. The van der Waals surface area contributed by atoms with E-state index in [2.05, 4.69) is 24.2 Å². The Labute approximate surface area is 150 Å². The second-order valence-corrected chi connectivity index (χ2v) is 7.48. The Morgan fingerprint density at radius 3 is 2.88 bits per heavy atom. The monoisotopic (exact) mass is 359 g/mol. The molecule has 0 bridgehead atoms. The predicted octanol–water partition coefficient (Wildman–Crippen LogP) is 3.38. The summed E-state index contributed by atoms with van der Waals surface area (Å²) in [5.74, 6) is -0.641. The zero-order valence-corrected chi connectivity index (χ0v) is 15.1. The van der Waals surface area contributed by atoms with E-state index in [9.17, 15) is 9.59 Å². The Balaban J connectivity index is 1.75. The number of hydrogen-bond donors (Lipinski definition) is 1. The number of aromatic carboxylic acids is 1. The first-order valence-corrected chi connectivity index (χ1v) is 9.27. The number of rotatable bonds is 4. The molecule has 1 N–H and O–H groups in total. The van der Waals surface area contributed by atoms with Gasteiger partial charge in [-0.3, -0.25) is 9.78 Å². The summed E-state index contributed by atoms with van der Waals surface area (Å²) in [6.45, 7) is 5.51. The summed E-state index contributed by atoms with van der Waals surface area (Å²) in [4.78, 5) is 34.3. The molecular formula is C18H21N3O3S. The molecule has 2 aromatic heterocycles. The maximum absolute atomic E-state index is 12.7. The molecule has 1 aliphatic rings. The van der Waals surface area contributed by atoms with Crippen molar-refractivity contribution in [2.75, 3.05) is 13.1 Å². The summed E-state index contributed by atoms with van der Waals surface area (Å²) in [5.41, 5.74) is 1.36. The van der Waals surface area contributed by atoms with Crippen molar-refractivity contribution in [2.24, 2.45) is 0 Å². The first-order chi connectivity index (χ1) is 12.0. The molecule has 7 heteroatoms. The molecule has 0 radical (unpaired) electrons. The minimum atomic E-state index is -1.06. The van der Waals surface area contributed by atoms with Gasteiger partial charge in [-0.25, -0.2) is 9.78 Å². The Bertz CT molecular complexity index is 787. The lowest BCUT2D eigenvalue weighted by Gasteiger charge is -2.31. The van der Waals surface area contributed by atoms with Crippen LogP contribution in [-0.2, 0) is 0 Å². The van der Waals surface area contributed by atoms with Crippen LogP contribution in [0.1, 0.15) is 70.1 Å². The fourth-order valence-corrected chi connectivity index (χ4v) is 4.07. The van der Waals surface area contributed by atoms with Crippen molar-refractivity contribution in [2.45, 2.75) is 38.5 Å². The number of carbonyl (C=O) groups is 2. The number of carboxylic acid groups (broad SMARTS) is 1. The molecule has 0 aliphatic carbocycles. The Kier molecular flexibility index (Phi) is 5.13. The van der Waals surface area contributed by atoms with E-state index in [0.717, 1.165) is 23.5 Å². The number of pyridine rings is 1. The molecule has 25 heavy (non-hydrogen) atoms. The minimum Gasteiger partial charge on any atom is -0.478 e. The second-order valence-electron chi connectivity index (χ2n) is 6.59. The average molecular weight is 359 g/mol. The minimum absolute atomic E-state index is 0.0772. The molecule has 2 aromatic rings. The van der Waals surface area contributed by atoms with E-state index in [4.69, 9.17) is 10.1 Å². The Morgan fingerprint density at radius 1 is 1.40 bits per heavy atom. The number of carboxylic acids is 1. The quantitative estimate of drug-likeness (QED) is 0.905. The summed E-state index contributed by atoms with van der Waals surface area (Å²) in [7, 11) is 0. The third kappa shape index (κ3) is 3.87. The van der Waals surface area contributed by atoms with Crippen LogP contribution in [0.2, 0.25) is 0 Å². The molecule has 0 aromatic carbocycles. The van der Waals surface area contributed by atoms with Crippen molar-refractivity contribution in [1.82, 2.24) is 14.9 Å². The van der Waals surface area contributed by atoms with Crippen molar-refractivity contribution in [1.29, 1.82) is 0 Å². The van der Waals surface area contributed by atoms with Crippen LogP contribution in [0.15, 0.2) is 23.7 Å². The van der Waals surface area contributed by atoms with Gasteiger partial charge in [-0.1, -0.05) is 13.8 Å². The number of carbonyl (C=O) groups excluding carboxylic acids is 1. The van der Waals surface area contributed by atoms with Crippen LogP contribution in [0.4, 0.5) is 0 Å². The molecule has 1 amide bonds. The standard InChI is InChI=1S/C18H21N3O3S/c1-11(2)15-10-25-16(20-15)13-4-3-7-21(9-13)17(22)14-8-12(18(23)24)5-6-19-14/h5-6,8,10-11,13H,3-4,7,9H2,1-2H3,(H,23,24). The highest BCUT2D eigenvalue weighted by Crippen LogP contribution is 2.31. The summed E-state index contributed by atoms with van der Waals surface area (Å²) in [6.07, 6.45) is 3.29. The van der Waals surface area contributed by atoms with Gasteiger partial charge in [0.25, 0.3) is 5.91 Å². The van der Waals surface area contributed by atoms with E-state index in [1.54, 1.807) is 16.2 Å². The molecule has 1 fully saturated rings. The van der Waals surface area contributed by atoms with Crippen LogP contribution in [0.5, 0.6) is 0 Å². The lowest BCUT2D eigenvalue weighted by atomic mass is 9.98. The summed E-state index contributed by atoms with van der Waals surface area (Å²) in [6, 6.07) is 2.73. The van der Waals surface area contributed by atoms with E-state index in [1.165, 1.54) is 18.3 Å². The van der Waals surface area contributed by atoms with E-state index < -0.39 is 5.97 Å². The number of hydrogen-bond acceptors (Lipinski definition) is 5. The van der Waals surface area contributed by atoms with Gasteiger partial charge < -0.3 is 10.0 Å². The maximum atomic E-state index is 12.7. The fraction of sp³-hybridized carbons (Fsp3) is 0.444. The van der Waals surface area contributed by atoms with E-state index in [0.29, 0.717) is 19.0 Å². The molecule has 3 rings (SSSR count). The van der Waals surface area contributed by atoms with Crippen molar-refractivity contribution >= 4 is 23.2 Å². The largest absolute Gasteiger partial charge is 0.478 e. The highest BCUT2D eigenvalue weighted by molar-refractivity contribution is 7.09. The summed E-state index contributed by atoms with van der Waals surface area (Å²) in [5, 5.41) is 12.3. The van der Waals surface area contributed by atoms with Crippen LogP contribution in [0.25, 0.3) is 0 Å². The van der Waals surface area contributed by atoms with Crippen LogP contribution in [-0.4, -0.2) is 44.9 Å². The molecule has 3 heterocycles. The van der Waals surface area contributed by atoms with Crippen LogP contribution < -0.4 is 0 Å². The zero-order valence-electron chi connectivity index (χ0n) is 14.3. The molecule has 6 nitrogen and oxygen atoms in total. The number of amides is 1. The van der Waals surface area contributed by atoms with Crippen LogP contribution >= 0.6 is 11.3 Å². The number of aromatic nitrogens is 2. The Morgan fingerprint density at radius 2 is 2.20 bits per heavy atom. The van der Waals surface area contributed by atoms with Gasteiger partial charge in [0, 0.05) is 30.6 Å².